The molecule has 3 heterocycles. The maximum absolute atomic E-state index is 13.6. The first kappa shape index (κ1) is 23.4. The Hall–Kier alpha value is -3.35. The summed E-state index contributed by atoms with van der Waals surface area (Å²) in [5.41, 5.74) is 0.0795. The first-order valence-electron chi connectivity index (χ1n) is 10.7. The van der Waals surface area contributed by atoms with E-state index >= 15 is 0 Å². The summed E-state index contributed by atoms with van der Waals surface area (Å²) in [6, 6.07) is 7.06. The summed E-state index contributed by atoms with van der Waals surface area (Å²) in [6.07, 6.45) is -3.58. The number of thiazole rings is 1. The first-order chi connectivity index (χ1) is 16.8. The van der Waals surface area contributed by atoms with Gasteiger partial charge in [0.05, 0.1) is 41.2 Å². The van der Waals surface area contributed by atoms with Crippen LogP contribution >= 0.6 is 11.3 Å². The number of morpholine rings is 1. The van der Waals surface area contributed by atoms with Crippen molar-refractivity contribution in [2.75, 3.05) is 31.6 Å². The Morgan fingerprint density at radius 1 is 1.17 bits per heavy atom. The van der Waals surface area contributed by atoms with Crippen molar-refractivity contribution in [1.29, 1.82) is 0 Å². The number of nitrogens with one attached hydrogen (secondary N) is 1. The molecule has 0 radical (unpaired) electrons. The Labute approximate surface area is 201 Å². The molecule has 0 saturated carbocycles. The number of hydrogen-bond donors (Lipinski definition) is 1. The number of imidazole rings is 1. The molecule has 12 heteroatoms. The van der Waals surface area contributed by atoms with Crippen LogP contribution in [0.25, 0.3) is 16.7 Å². The van der Waals surface area contributed by atoms with Crippen LogP contribution in [0.5, 0.6) is 0 Å². The fourth-order valence-electron chi connectivity index (χ4n) is 3.95. The summed E-state index contributed by atoms with van der Waals surface area (Å²) in [5, 5.41) is 5.02. The van der Waals surface area contributed by atoms with Gasteiger partial charge in [0.1, 0.15) is 17.7 Å². The van der Waals surface area contributed by atoms with Crippen LogP contribution in [0.1, 0.15) is 21.6 Å². The number of rotatable bonds is 5. The minimum absolute atomic E-state index is 0.182. The summed E-state index contributed by atoms with van der Waals surface area (Å²) < 4.78 is 60.7. The van der Waals surface area contributed by atoms with Gasteiger partial charge in [0.25, 0.3) is 5.91 Å². The van der Waals surface area contributed by atoms with Gasteiger partial charge in [-0.15, -0.1) is 11.3 Å². The maximum atomic E-state index is 13.6. The number of fused-ring (bicyclic) bond motifs is 1. The van der Waals surface area contributed by atoms with E-state index in [1.54, 1.807) is 12.1 Å². The standard InChI is InChI=1S/C23H19F4N5O2S/c24-14-4-5-18(17(10-14)23(25,26)27)32-13-28-20-16(2-1-3-19(20)32)21(33)30-22-29-15(12-35-22)11-31-6-8-34-9-7-31/h1-5,10,12-13H,6-9,11H2,(H,29,30,33). The van der Waals surface area contributed by atoms with Gasteiger partial charge in [0, 0.05) is 25.0 Å². The zero-order valence-corrected chi connectivity index (χ0v) is 19.0. The number of carbonyl (C=O) groups excluding carboxylic acids is 1. The molecule has 1 amide bonds. The second-order valence-electron chi connectivity index (χ2n) is 7.93. The van der Waals surface area contributed by atoms with Crippen molar-refractivity contribution in [2.45, 2.75) is 12.7 Å². The van der Waals surface area contributed by atoms with Gasteiger partial charge in [0.2, 0.25) is 0 Å². The Bertz CT molecular complexity index is 1380. The molecule has 1 N–H and O–H groups in total. The third kappa shape index (κ3) is 4.90. The van der Waals surface area contributed by atoms with Gasteiger partial charge >= 0.3 is 6.18 Å². The molecule has 1 aliphatic heterocycles. The topological polar surface area (TPSA) is 72.3 Å². The molecule has 1 fully saturated rings. The second-order valence-corrected chi connectivity index (χ2v) is 8.79. The van der Waals surface area contributed by atoms with Crippen molar-refractivity contribution >= 4 is 33.4 Å². The molecule has 35 heavy (non-hydrogen) atoms. The minimum Gasteiger partial charge on any atom is -0.379 e. The molecule has 0 aliphatic carbocycles. The average molecular weight is 505 g/mol. The molecule has 7 nitrogen and oxygen atoms in total. The van der Waals surface area contributed by atoms with Gasteiger partial charge in [-0.05, 0) is 30.3 Å². The molecule has 0 unspecified atom stereocenters. The molecule has 0 bridgehead atoms. The monoisotopic (exact) mass is 505 g/mol. The molecule has 2 aromatic heterocycles. The number of alkyl halides is 3. The Kier molecular flexibility index (Phi) is 6.26. The summed E-state index contributed by atoms with van der Waals surface area (Å²) >= 11 is 1.29. The van der Waals surface area contributed by atoms with E-state index in [2.05, 4.69) is 20.2 Å². The highest BCUT2D eigenvalue weighted by Gasteiger charge is 2.35. The molecule has 0 spiro atoms. The molecule has 1 aliphatic rings. The van der Waals surface area contributed by atoms with E-state index in [1.165, 1.54) is 28.3 Å². The number of benzene rings is 2. The SMILES string of the molecule is O=C(Nc1nc(CN2CCOCC2)cs1)c1cccc2c1ncn2-c1ccc(F)cc1C(F)(F)F. The number of nitrogens with zero attached hydrogens (tertiary/aromatic N) is 4. The zero-order valence-electron chi connectivity index (χ0n) is 18.2. The van der Waals surface area contributed by atoms with Crippen molar-refractivity contribution in [2.24, 2.45) is 0 Å². The van der Waals surface area contributed by atoms with Crippen LogP contribution in [0.15, 0.2) is 48.1 Å². The number of carbonyl (C=O) groups is 1. The van der Waals surface area contributed by atoms with E-state index in [0.29, 0.717) is 31.0 Å². The number of aromatic nitrogens is 3. The van der Waals surface area contributed by atoms with Crippen molar-refractivity contribution in [3.63, 3.8) is 0 Å². The lowest BCUT2D eigenvalue weighted by atomic mass is 10.1. The normalized spacial score (nSPS) is 15.0. The van der Waals surface area contributed by atoms with E-state index < -0.39 is 23.5 Å². The predicted molar refractivity (Wildman–Crippen MR) is 122 cm³/mol. The van der Waals surface area contributed by atoms with Gasteiger partial charge < -0.3 is 4.74 Å². The van der Waals surface area contributed by atoms with Crippen molar-refractivity contribution in [3.8, 4) is 5.69 Å². The maximum Gasteiger partial charge on any atom is 0.418 e. The molecule has 1 saturated heterocycles. The van der Waals surface area contributed by atoms with Gasteiger partial charge in [-0.1, -0.05) is 6.07 Å². The lowest BCUT2D eigenvalue weighted by Gasteiger charge is -2.25. The number of hydrogen-bond acceptors (Lipinski definition) is 6. The molecule has 5 rings (SSSR count). The average Bonchev–Trinajstić information content (AvgIpc) is 3.46. The fraction of sp³-hybridized carbons (Fsp3) is 0.261. The van der Waals surface area contributed by atoms with Crippen LogP contribution in [0.4, 0.5) is 22.7 Å². The molecule has 2 aromatic carbocycles. The predicted octanol–water partition coefficient (Wildman–Crippen LogP) is 4.72. The highest BCUT2D eigenvalue weighted by Crippen LogP contribution is 2.35. The van der Waals surface area contributed by atoms with Crippen LogP contribution in [0.2, 0.25) is 0 Å². The highest BCUT2D eigenvalue weighted by molar-refractivity contribution is 7.14. The molecular weight excluding hydrogens is 486 g/mol. The highest BCUT2D eigenvalue weighted by atomic mass is 32.1. The van der Waals surface area contributed by atoms with Gasteiger partial charge in [0.15, 0.2) is 5.13 Å². The number of halogens is 4. The summed E-state index contributed by atoms with van der Waals surface area (Å²) in [4.78, 5) is 23.9. The summed E-state index contributed by atoms with van der Waals surface area (Å²) in [7, 11) is 0. The molecule has 0 atom stereocenters. The third-order valence-electron chi connectivity index (χ3n) is 5.61. The second kappa shape index (κ2) is 9.36. The third-order valence-corrected chi connectivity index (χ3v) is 6.41. The molecule has 4 aromatic rings. The lowest BCUT2D eigenvalue weighted by Crippen LogP contribution is -2.35. The van der Waals surface area contributed by atoms with Crippen LogP contribution in [0, 0.1) is 5.82 Å². The number of para-hydroxylation sites is 1. The van der Waals surface area contributed by atoms with Crippen LogP contribution in [-0.2, 0) is 17.5 Å². The smallest absolute Gasteiger partial charge is 0.379 e. The van der Waals surface area contributed by atoms with Crippen LogP contribution in [0.3, 0.4) is 0 Å². The van der Waals surface area contributed by atoms with Gasteiger partial charge in [-0.3, -0.25) is 19.6 Å². The quantitative estimate of drug-likeness (QED) is 0.398. The number of ether oxygens (including phenoxy) is 1. The summed E-state index contributed by atoms with van der Waals surface area (Å²) in [5.74, 6) is -1.48. The fourth-order valence-corrected chi connectivity index (χ4v) is 4.65. The van der Waals surface area contributed by atoms with E-state index in [1.807, 2.05) is 5.38 Å². The Balaban J connectivity index is 1.41. The van der Waals surface area contributed by atoms with E-state index in [0.717, 1.165) is 30.9 Å². The zero-order chi connectivity index (χ0) is 24.6. The van der Waals surface area contributed by atoms with E-state index in [9.17, 15) is 22.4 Å². The number of anilines is 1. The van der Waals surface area contributed by atoms with Gasteiger partial charge in [-0.2, -0.15) is 13.2 Å². The largest absolute Gasteiger partial charge is 0.418 e. The van der Waals surface area contributed by atoms with E-state index in [4.69, 9.17) is 4.74 Å². The first-order valence-corrected chi connectivity index (χ1v) is 11.6. The molecule has 182 valence electrons. The Morgan fingerprint density at radius 2 is 1.97 bits per heavy atom. The van der Waals surface area contributed by atoms with Crippen molar-refractivity contribution in [1.82, 2.24) is 19.4 Å². The number of amides is 1. The van der Waals surface area contributed by atoms with Crippen molar-refractivity contribution in [3.05, 3.63) is 70.7 Å². The van der Waals surface area contributed by atoms with Crippen molar-refractivity contribution < 1.29 is 27.1 Å². The van der Waals surface area contributed by atoms with Crippen LogP contribution < -0.4 is 5.32 Å². The minimum atomic E-state index is -4.77. The van der Waals surface area contributed by atoms with E-state index in [-0.39, 0.29) is 22.3 Å². The lowest BCUT2D eigenvalue weighted by molar-refractivity contribution is -0.137. The summed E-state index contributed by atoms with van der Waals surface area (Å²) in [6.45, 7) is 3.62. The van der Waals surface area contributed by atoms with Crippen LogP contribution in [-0.4, -0.2) is 51.6 Å². The Morgan fingerprint density at radius 3 is 2.74 bits per heavy atom. The van der Waals surface area contributed by atoms with Gasteiger partial charge in [-0.25, -0.2) is 14.4 Å². The molecular formula is C23H19F4N5O2S.